The summed E-state index contributed by atoms with van der Waals surface area (Å²) < 4.78 is 45.9. The lowest BCUT2D eigenvalue weighted by Crippen LogP contribution is -2.41. The van der Waals surface area contributed by atoms with Gasteiger partial charge in [0.2, 0.25) is 0 Å². The van der Waals surface area contributed by atoms with Gasteiger partial charge in [0.25, 0.3) is 0 Å². The van der Waals surface area contributed by atoms with Gasteiger partial charge in [0, 0.05) is 50.5 Å². The third kappa shape index (κ3) is 3.91. The number of aryl methyl sites for hydroxylation is 1. The topological polar surface area (TPSA) is 54.7 Å². The van der Waals surface area contributed by atoms with Crippen LogP contribution in [0.5, 0.6) is 0 Å². The molecule has 25 heavy (non-hydrogen) atoms. The number of alkyl halides is 3. The number of aromatic nitrogens is 2. The maximum atomic E-state index is 13.1. The highest BCUT2D eigenvalue weighted by molar-refractivity contribution is 5.80. The Labute approximate surface area is 145 Å². The number of rotatable bonds is 3. The highest BCUT2D eigenvalue weighted by Crippen LogP contribution is 2.38. The molecule has 2 fully saturated rings. The Bertz CT molecular complexity index is 634. The zero-order valence-corrected chi connectivity index (χ0v) is 14.6. The third-order valence-electron chi connectivity index (χ3n) is 4.83. The molecule has 0 aliphatic carbocycles. The molecule has 1 N–H and O–H groups in total. The number of aliphatic imine (C=N–C) groups is 1. The summed E-state index contributed by atoms with van der Waals surface area (Å²) in [6.07, 6.45) is -1.03. The monoisotopic (exact) mass is 359 g/mol. The highest BCUT2D eigenvalue weighted by Gasteiger charge is 2.42. The van der Waals surface area contributed by atoms with Crippen LogP contribution in [0.2, 0.25) is 0 Å². The first-order chi connectivity index (χ1) is 11.8. The molecule has 0 radical (unpaired) electrons. The Hall–Kier alpha value is -1.77. The molecule has 0 saturated carbocycles. The molecule has 1 unspecified atom stereocenters. The van der Waals surface area contributed by atoms with Gasteiger partial charge in [-0.05, 0) is 19.8 Å². The van der Waals surface area contributed by atoms with E-state index in [9.17, 15) is 13.2 Å². The first kappa shape index (κ1) is 18.0. The predicted octanol–water partition coefficient (Wildman–Crippen LogP) is 2.02. The molecule has 9 heteroatoms. The molecular formula is C16H24F3N5O. The largest absolute Gasteiger partial charge is 0.435 e. The number of hydrogen-bond acceptors (Lipinski definition) is 3. The smallest absolute Gasteiger partial charge is 0.381 e. The summed E-state index contributed by atoms with van der Waals surface area (Å²) >= 11 is 0. The van der Waals surface area contributed by atoms with Gasteiger partial charge in [-0.25, -0.2) is 4.99 Å². The van der Waals surface area contributed by atoms with E-state index in [0.717, 1.165) is 39.1 Å². The van der Waals surface area contributed by atoms with E-state index in [4.69, 9.17) is 4.74 Å². The molecular weight excluding hydrogens is 335 g/mol. The molecule has 1 aromatic heterocycles. The van der Waals surface area contributed by atoms with Crippen molar-refractivity contribution in [3.63, 3.8) is 0 Å². The van der Waals surface area contributed by atoms with Gasteiger partial charge in [-0.1, -0.05) is 0 Å². The van der Waals surface area contributed by atoms with Crippen molar-refractivity contribution in [1.29, 1.82) is 0 Å². The molecule has 0 bridgehead atoms. The van der Waals surface area contributed by atoms with Gasteiger partial charge in [-0.2, -0.15) is 18.3 Å². The first-order valence-corrected chi connectivity index (χ1v) is 8.54. The van der Waals surface area contributed by atoms with Gasteiger partial charge in [-0.3, -0.25) is 4.68 Å². The van der Waals surface area contributed by atoms with Crippen LogP contribution >= 0.6 is 0 Å². The van der Waals surface area contributed by atoms with Gasteiger partial charge in [-0.15, -0.1) is 0 Å². The van der Waals surface area contributed by atoms with Crippen molar-refractivity contribution in [3.8, 4) is 0 Å². The van der Waals surface area contributed by atoms with E-state index in [1.54, 1.807) is 0 Å². The van der Waals surface area contributed by atoms with E-state index < -0.39 is 11.9 Å². The number of halogens is 3. The maximum absolute atomic E-state index is 13.1. The summed E-state index contributed by atoms with van der Waals surface area (Å²) in [6, 6.07) is 0. The van der Waals surface area contributed by atoms with Crippen molar-refractivity contribution in [2.24, 2.45) is 17.5 Å². The van der Waals surface area contributed by atoms with Gasteiger partial charge in [0.1, 0.15) is 0 Å². The molecule has 0 aromatic carbocycles. The molecule has 1 aromatic rings. The van der Waals surface area contributed by atoms with E-state index >= 15 is 0 Å². The van der Waals surface area contributed by atoms with Crippen LogP contribution < -0.4 is 5.32 Å². The Morgan fingerprint density at radius 2 is 2.24 bits per heavy atom. The van der Waals surface area contributed by atoms with Crippen molar-refractivity contribution in [1.82, 2.24) is 20.0 Å². The van der Waals surface area contributed by atoms with E-state index in [2.05, 4.69) is 20.3 Å². The SMILES string of the molecule is CCNC(=NCc1cn(C)nc1C(F)(F)F)N1CCC2(CCOC2)C1. The Kier molecular flexibility index (Phi) is 4.95. The van der Waals surface area contributed by atoms with Gasteiger partial charge < -0.3 is 15.0 Å². The van der Waals surface area contributed by atoms with Gasteiger partial charge in [0.15, 0.2) is 11.7 Å². The average molecular weight is 359 g/mol. The van der Waals surface area contributed by atoms with Crippen molar-refractivity contribution in [3.05, 3.63) is 17.5 Å². The standard InChI is InChI=1S/C16H24F3N5O/c1-3-20-14(24-6-4-15(10-24)5-7-25-11-15)21-8-12-9-23(2)22-13(12)16(17,18)19/h9H,3-8,10-11H2,1-2H3,(H,20,21). The summed E-state index contributed by atoms with van der Waals surface area (Å²) in [4.78, 5) is 6.57. The fourth-order valence-corrected chi connectivity index (χ4v) is 3.57. The van der Waals surface area contributed by atoms with Crippen LogP contribution in [0.15, 0.2) is 11.2 Å². The number of nitrogens with zero attached hydrogens (tertiary/aromatic N) is 4. The van der Waals surface area contributed by atoms with Crippen LogP contribution in [0.4, 0.5) is 13.2 Å². The zero-order valence-electron chi connectivity index (χ0n) is 14.6. The quantitative estimate of drug-likeness (QED) is 0.663. The second-order valence-corrected chi connectivity index (χ2v) is 6.82. The van der Waals surface area contributed by atoms with Crippen molar-refractivity contribution in [2.75, 3.05) is 32.8 Å². The van der Waals surface area contributed by atoms with Crippen LogP contribution in [0.25, 0.3) is 0 Å². The summed E-state index contributed by atoms with van der Waals surface area (Å²) in [5.74, 6) is 0.656. The molecule has 1 atom stereocenters. The fraction of sp³-hybridized carbons (Fsp3) is 0.750. The van der Waals surface area contributed by atoms with Crippen molar-refractivity contribution in [2.45, 2.75) is 32.5 Å². The first-order valence-electron chi connectivity index (χ1n) is 8.54. The highest BCUT2D eigenvalue weighted by atomic mass is 19.4. The minimum atomic E-state index is -4.47. The molecule has 3 rings (SSSR count). The third-order valence-corrected chi connectivity index (χ3v) is 4.83. The normalized spacial score (nSPS) is 24.5. The molecule has 2 saturated heterocycles. The Morgan fingerprint density at radius 3 is 2.88 bits per heavy atom. The van der Waals surface area contributed by atoms with Crippen molar-refractivity contribution >= 4 is 5.96 Å². The molecule has 0 amide bonds. The number of guanidine groups is 1. The lowest BCUT2D eigenvalue weighted by atomic mass is 9.87. The number of ether oxygens (including phenoxy) is 1. The molecule has 140 valence electrons. The van der Waals surface area contributed by atoms with Crippen LogP contribution in [0, 0.1) is 5.41 Å². The fourth-order valence-electron chi connectivity index (χ4n) is 3.57. The molecule has 2 aliphatic rings. The molecule has 6 nitrogen and oxygen atoms in total. The van der Waals surface area contributed by atoms with Crippen molar-refractivity contribution < 1.29 is 17.9 Å². The lowest BCUT2D eigenvalue weighted by Gasteiger charge is -2.25. The van der Waals surface area contributed by atoms with E-state index in [1.165, 1.54) is 17.9 Å². The van der Waals surface area contributed by atoms with Crippen LogP contribution in [0.1, 0.15) is 31.0 Å². The Balaban J connectivity index is 1.75. The Morgan fingerprint density at radius 1 is 1.44 bits per heavy atom. The van der Waals surface area contributed by atoms with E-state index in [1.807, 2.05) is 6.92 Å². The second kappa shape index (κ2) is 6.86. The maximum Gasteiger partial charge on any atom is 0.435 e. The number of nitrogens with one attached hydrogen (secondary N) is 1. The van der Waals surface area contributed by atoms with Crippen LogP contribution in [-0.2, 0) is 24.5 Å². The lowest BCUT2D eigenvalue weighted by molar-refractivity contribution is -0.142. The summed E-state index contributed by atoms with van der Waals surface area (Å²) in [6.45, 7) is 5.77. The van der Waals surface area contributed by atoms with Crippen LogP contribution in [0.3, 0.4) is 0 Å². The van der Waals surface area contributed by atoms with Crippen LogP contribution in [-0.4, -0.2) is 53.5 Å². The summed E-state index contributed by atoms with van der Waals surface area (Å²) in [7, 11) is 1.48. The minimum Gasteiger partial charge on any atom is -0.381 e. The van der Waals surface area contributed by atoms with E-state index in [0.29, 0.717) is 12.5 Å². The molecule has 2 aliphatic heterocycles. The zero-order chi connectivity index (χ0) is 18.1. The number of hydrogen-bond donors (Lipinski definition) is 1. The second-order valence-electron chi connectivity index (χ2n) is 6.82. The number of likely N-dealkylation sites (tertiary alicyclic amines) is 1. The van der Waals surface area contributed by atoms with Gasteiger partial charge >= 0.3 is 6.18 Å². The van der Waals surface area contributed by atoms with Gasteiger partial charge in [0.05, 0.1) is 13.2 Å². The minimum absolute atomic E-state index is 0.0506. The molecule has 3 heterocycles. The summed E-state index contributed by atoms with van der Waals surface area (Å²) in [5, 5.41) is 6.73. The molecule has 1 spiro atoms. The average Bonchev–Trinajstić information content (AvgIpc) is 3.25. The summed E-state index contributed by atoms with van der Waals surface area (Å²) in [5.41, 5.74) is -0.609. The van der Waals surface area contributed by atoms with E-state index in [-0.39, 0.29) is 17.5 Å². The predicted molar refractivity (Wildman–Crippen MR) is 87.1 cm³/mol.